The molecule has 2 aromatic carbocycles. The first-order valence-corrected chi connectivity index (χ1v) is 6.77. The van der Waals surface area contributed by atoms with Gasteiger partial charge in [-0.2, -0.15) is 0 Å². The zero-order chi connectivity index (χ0) is 14.4. The lowest BCUT2D eigenvalue weighted by Gasteiger charge is -2.17. The summed E-state index contributed by atoms with van der Waals surface area (Å²) < 4.78 is 5.26. The molecule has 0 saturated heterocycles. The van der Waals surface area contributed by atoms with E-state index in [1.54, 1.807) is 7.11 Å². The predicted molar refractivity (Wildman–Crippen MR) is 80.8 cm³/mol. The van der Waals surface area contributed by atoms with Gasteiger partial charge in [-0.1, -0.05) is 42.5 Å². The number of aliphatic hydroxyl groups is 1. The van der Waals surface area contributed by atoms with E-state index in [1.807, 2.05) is 49.4 Å². The lowest BCUT2D eigenvalue weighted by molar-refractivity contribution is 0.243. The monoisotopic (exact) mass is 271 g/mol. The van der Waals surface area contributed by atoms with Crippen LogP contribution in [0.3, 0.4) is 0 Å². The van der Waals surface area contributed by atoms with Crippen LogP contribution in [0.5, 0.6) is 5.75 Å². The fraction of sp³-hybridized carbons (Fsp3) is 0.294. The summed E-state index contributed by atoms with van der Waals surface area (Å²) in [4.78, 5) is 0. The van der Waals surface area contributed by atoms with E-state index in [-0.39, 0.29) is 12.6 Å². The van der Waals surface area contributed by atoms with Crippen LogP contribution in [0.4, 0.5) is 0 Å². The molecule has 0 aromatic heterocycles. The molecule has 0 aliphatic rings. The molecule has 0 aliphatic carbocycles. The van der Waals surface area contributed by atoms with E-state index < -0.39 is 0 Å². The van der Waals surface area contributed by atoms with Gasteiger partial charge in [-0.25, -0.2) is 0 Å². The van der Waals surface area contributed by atoms with Gasteiger partial charge in [-0.05, 0) is 29.7 Å². The van der Waals surface area contributed by atoms with Crippen molar-refractivity contribution in [2.45, 2.75) is 19.5 Å². The van der Waals surface area contributed by atoms with Crippen LogP contribution >= 0.6 is 0 Å². The van der Waals surface area contributed by atoms with Gasteiger partial charge in [0.05, 0.1) is 19.8 Å². The van der Waals surface area contributed by atoms with E-state index >= 15 is 0 Å². The first-order valence-electron chi connectivity index (χ1n) is 6.77. The lowest BCUT2D eigenvalue weighted by atomic mass is 10.1. The van der Waals surface area contributed by atoms with Gasteiger partial charge in [-0.15, -0.1) is 0 Å². The third-order valence-electron chi connectivity index (χ3n) is 3.40. The van der Waals surface area contributed by atoms with Crippen molar-refractivity contribution in [2.24, 2.45) is 0 Å². The number of nitrogens with one attached hydrogen (secondary N) is 1. The third-order valence-corrected chi connectivity index (χ3v) is 3.40. The molecule has 0 amide bonds. The highest BCUT2D eigenvalue weighted by Crippen LogP contribution is 2.19. The molecule has 3 nitrogen and oxygen atoms in total. The topological polar surface area (TPSA) is 41.5 Å². The molecular weight excluding hydrogens is 250 g/mol. The Balaban J connectivity index is 2.02. The average Bonchev–Trinajstić information content (AvgIpc) is 2.49. The van der Waals surface area contributed by atoms with Gasteiger partial charge >= 0.3 is 0 Å². The lowest BCUT2D eigenvalue weighted by Crippen LogP contribution is -2.23. The highest BCUT2D eigenvalue weighted by molar-refractivity contribution is 5.36. The van der Waals surface area contributed by atoms with Gasteiger partial charge in [0.1, 0.15) is 5.75 Å². The van der Waals surface area contributed by atoms with Gasteiger partial charge in [0.2, 0.25) is 0 Å². The molecule has 0 radical (unpaired) electrons. The Morgan fingerprint density at radius 1 is 1.15 bits per heavy atom. The maximum absolute atomic E-state index is 9.51. The number of aliphatic hydroxyl groups excluding tert-OH is 1. The summed E-state index contributed by atoms with van der Waals surface area (Å²) in [5, 5.41) is 12.9. The zero-order valence-electron chi connectivity index (χ0n) is 12.0. The highest BCUT2D eigenvalue weighted by atomic mass is 16.5. The zero-order valence-corrected chi connectivity index (χ0v) is 12.0. The average molecular weight is 271 g/mol. The summed E-state index contributed by atoms with van der Waals surface area (Å²) in [5.41, 5.74) is 3.39. The standard InChI is InChI=1S/C17H21NO2/c1-13-10-14(8-9-17(13)20-2)11-18-16(12-19)15-6-4-3-5-7-15/h3-10,16,18-19H,11-12H2,1-2H3/t16-/m1/s1. The number of methoxy groups -OCH3 is 1. The second kappa shape index (κ2) is 7.08. The second-order valence-corrected chi connectivity index (χ2v) is 4.83. The van der Waals surface area contributed by atoms with Crippen LogP contribution in [0.25, 0.3) is 0 Å². The Morgan fingerprint density at radius 2 is 1.90 bits per heavy atom. The number of rotatable bonds is 6. The van der Waals surface area contributed by atoms with Crippen molar-refractivity contribution < 1.29 is 9.84 Å². The van der Waals surface area contributed by atoms with Crippen LogP contribution in [-0.2, 0) is 6.54 Å². The molecule has 0 heterocycles. The maximum Gasteiger partial charge on any atom is 0.121 e. The largest absolute Gasteiger partial charge is 0.496 e. The van der Waals surface area contributed by atoms with E-state index in [4.69, 9.17) is 4.74 Å². The summed E-state index contributed by atoms with van der Waals surface area (Å²) in [6, 6.07) is 16.1. The Hall–Kier alpha value is -1.84. The Kier molecular flexibility index (Phi) is 5.16. The van der Waals surface area contributed by atoms with Gasteiger partial charge in [0.15, 0.2) is 0 Å². The number of benzene rings is 2. The van der Waals surface area contributed by atoms with E-state index in [2.05, 4.69) is 11.4 Å². The number of hydrogen-bond acceptors (Lipinski definition) is 3. The van der Waals surface area contributed by atoms with E-state index in [1.165, 1.54) is 5.56 Å². The molecule has 2 aromatic rings. The van der Waals surface area contributed by atoms with Crippen molar-refractivity contribution >= 4 is 0 Å². The van der Waals surface area contributed by atoms with Crippen LogP contribution in [0, 0.1) is 6.92 Å². The molecule has 2 rings (SSSR count). The summed E-state index contributed by atoms with van der Waals surface area (Å²) in [6.07, 6.45) is 0. The van der Waals surface area contributed by atoms with E-state index in [0.29, 0.717) is 6.54 Å². The quantitative estimate of drug-likeness (QED) is 0.849. The van der Waals surface area contributed by atoms with Gasteiger partial charge in [-0.3, -0.25) is 0 Å². The van der Waals surface area contributed by atoms with Crippen LogP contribution in [0.15, 0.2) is 48.5 Å². The molecular formula is C17H21NO2. The highest BCUT2D eigenvalue weighted by Gasteiger charge is 2.09. The molecule has 0 spiro atoms. The second-order valence-electron chi connectivity index (χ2n) is 4.83. The van der Waals surface area contributed by atoms with Crippen LogP contribution in [0.2, 0.25) is 0 Å². The van der Waals surface area contributed by atoms with Crippen LogP contribution in [0.1, 0.15) is 22.7 Å². The van der Waals surface area contributed by atoms with Crippen molar-refractivity contribution in [1.82, 2.24) is 5.32 Å². The first kappa shape index (κ1) is 14.6. The normalized spacial score (nSPS) is 12.2. The van der Waals surface area contributed by atoms with Crippen LogP contribution < -0.4 is 10.1 Å². The fourth-order valence-corrected chi connectivity index (χ4v) is 2.26. The molecule has 1 atom stereocenters. The SMILES string of the molecule is COc1ccc(CN[C@H](CO)c2ccccc2)cc1C. The Labute approximate surface area is 120 Å². The molecule has 106 valence electrons. The van der Waals surface area contributed by atoms with Crippen molar-refractivity contribution in [2.75, 3.05) is 13.7 Å². The number of ether oxygens (including phenoxy) is 1. The van der Waals surface area contributed by atoms with E-state index in [9.17, 15) is 5.11 Å². The first-order chi connectivity index (χ1) is 9.74. The molecule has 2 N–H and O–H groups in total. The van der Waals surface area contributed by atoms with Gasteiger partial charge in [0, 0.05) is 6.54 Å². The van der Waals surface area contributed by atoms with Gasteiger partial charge < -0.3 is 15.2 Å². The van der Waals surface area contributed by atoms with Crippen molar-refractivity contribution in [3.63, 3.8) is 0 Å². The smallest absolute Gasteiger partial charge is 0.121 e. The van der Waals surface area contributed by atoms with Crippen LogP contribution in [-0.4, -0.2) is 18.8 Å². The maximum atomic E-state index is 9.51. The molecule has 0 unspecified atom stereocenters. The number of aryl methyl sites for hydroxylation is 1. The van der Waals surface area contributed by atoms with Crippen molar-refractivity contribution in [3.8, 4) is 5.75 Å². The molecule has 20 heavy (non-hydrogen) atoms. The Bertz CT molecular complexity index is 540. The van der Waals surface area contributed by atoms with Crippen molar-refractivity contribution in [3.05, 3.63) is 65.2 Å². The summed E-state index contributed by atoms with van der Waals surface area (Å²) in [5.74, 6) is 0.899. The summed E-state index contributed by atoms with van der Waals surface area (Å²) in [7, 11) is 1.68. The third kappa shape index (κ3) is 3.59. The minimum Gasteiger partial charge on any atom is -0.496 e. The minimum absolute atomic E-state index is 0.0430. The summed E-state index contributed by atoms with van der Waals surface area (Å²) in [6.45, 7) is 2.83. The molecule has 0 bridgehead atoms. The molecule has 0 fully saturated rings. The minimum atomic E-state index is -0.0430. The predicted octanol–water partition coefficient (Wildman–Crippen LogP) is 2.83. The van der Waals surface area contributed by atoms with E-state index in [0.717, 1.165) is 16.9 Å². The van der Waals surface area contributed by atoms with Gasteiger partial charge in [0.25, 0.3) is 0 Å². The molecule has 0 saturated carbocycles. The summed E-state index contributed by atoms with van der Waals surface area (Å²) >= 11 is 0. The Morgan fingerprint density at radius 3 is 2.50 bits per heavy atom. The van der Waals surface area contributed by atoms with Crippen molar-refractivity contribution in [1.29, 1.82) is 0 Å². The fourth-order valence-electron chi connectivity index (χ4n) is 2.26. The molecule has 3 heteroatoms. The molecule has 0 aliphatic heterocycles. The number of hydrogen-bond donors (Lipinski definition) is 2.